The lowest BCUT2D eigenvalue weighted by Crippen LogP contribution is -2.12. The van der Waals surface area contributed by atoms with Gasteiger partial charge in [-0.15, -0.1) is 0 Å². The summed E-state index contributed by atoms with van der Waals surface area (Å²) >= 11 is 0. The average Bonchev–Trinajstić information content (AvgIpc) is 3.23. The Hall–Kier alpha value is -3.38. The van der Waals surface area contributed by atoms with Gasteiger partial charge in [-0.2, -0.15) is 21.6 Å². The molecule has 1 aromatic heterocycles. The molecular weight excluding hydrogens is 507 g/mol. The Morgan fingerprint density at radius 2 is 1.69 bits per heavy atom. The van der Waals surface area contributed by atoms with Crippen LogP contribution in [-0.4, -0.2) is 27.6 Å². The van der Waals surface area contributed by atoms with Crippen molar-refractivity contribution in [1.82, 2.24) is 4.98 Å². The summed E-state index contributed by atoms with van der Waals surface area (Å²) in [7, 11) is -8.14. The molecule has 3 aromatic carbocycles. The van der Waals surface area contributed by atoms with E-state index < -0.39 is 36.6 Å². The molecule has 0 fully saturated rings. The molecule has 0 N–H and O–H groups in total. The zero-order valence-electron chi connectivity index (χ0n) is 18.3. The molecule has 0 aliphatic heterocycles. The first-order valence-corrected chi connectivity index (χ1v) is 13.2. The van der Waals surface area contributed by atoms with E-state index in [-0.39, 0.29) is 39.0 Å². The van der Waals surface area contributed by atoms with Gasteiger partial charge in [0.15, 0.2) is 21.2 Å². The lowest BCUT2D eigenvalue weighted by atomic mass is 10.1. The predicted octanol–water partition coefficient (Wildman–Crippen LogP) is 5.38. The van der Waals surface area contributed by atoms with Crippen molar-refractivity contribution in [2.24, 2.45) is 0 Å². The summed E-state index contributed by atoms with van der Waals surface area (Å²) in [6, 6.07) is 11.8. The van der Waals surface area contributed by atoms with Crippen LogP contribution in [0.25, 0.3) is 22.6 Å². The van der Waals surface area contributed by atoms with Crippen molar-refractivity contribution in [2.45, 2.75) is 29.8 Å². The molecule has 0 atom stereocenters. The van der Waals surface area contributed by atoms with Gasteiger partial charge in [-0.3, -0.25) is 0 Å². The van der Waals surface area contributed by atoms with E-state index in [0.29, 0.717) is 11.6 Å². The lowest BCUT2D eigenvalue weighted by Gasteiger charge is -2.12. The molecule has 12 heteroatoms. The van der Waals surface area contributed by atoms with Gasteiger partial charge in [-0.05, 0) is 55.5 Å². The van der Waals surface area contributed by atoms with E-state index in [0.717, 1.165) is 18.2 Å². The third-order valence-electron chi connectivity index (χ3n) is 5.11. The van der Waals surface area contributed by atoms with E-state index in [9.17, 15) is 30.0 Å². The molecule has 0 unspecified atom stereocenters. The van der Waals surface area contributed by atoms with E-state index in [1.54, 1.807) is 13.0 Å². The highest BCUT2D eigenvalue weighted by atomic mass is 32.2. The van der Waals surface area contributed by atoms with Crippen LogP contribution in [0.4, 0.5) is 13.2 Å². The molecule has 7 nitrogen and oxygen atoms in total. The smallest absolute Gasteiger partial charge is 0.416 e. The highest BCUT2D eigenvalue weighted by Crippen LogP contribution is 2.36. The van der Waals surface area contributed by atoms with Crippen molar-refractivity contribution in [2.75, 3.05) is 5.75 Å². The van der Waals surface area contributed by atoms with Crippen LogP contribution in [0.3, 0.4) is 0 Å². The van der Waals surface area contributed by atoms with Gasteiger partial charge < -0.3 is 8.60 Å². The number of hydrogen-bond acceptors (Lipinski definition) is 7. The summed E-state index contributed by atoms with van der Waals surface area (Å²) in [5.41, 5.74) is 0.158. The molecule has 0 radical (unpaired) electrons. The van der Waals surface area contributed by atoms with Crippen molar-refractivity contribution >= 4 is 31.1 Å². The Morgan fingerprint density at radius 1 is 0.943 bits per heavy atom. The second-order valence-electron chi connectivity index (χ2n) is 7.61. The van der Waals surface area contributed by atoms with Gasteiger partial charge in [0.25, 0.3) is 0 Å². The van der Waals surface area contributed by atoms with Crippen molar-refractivity contribution in [3.8, 4) is 17.2 Å². The van der Waals surface area contributed by atoms with Crippen molar-refractivity contribution < 1.29 is 38.6 Å². The largest absolute Gasteiger partial charge is 0.436 e. The molecule has 35 heavy (non-hydrogen) atoms. The first kappa shape index (κ1) is 24.7. The molecule has 0 saturated heterocycles. The topological polar surface area (TPSA) is 104 Å². The highest BCUT2D eigenvalue weighted by Gasteiger charge is 2.32. The monoisotopic (exact) mass is 525 g/mol. The van der Waals surface area contributed by atoms with E-state index >= 15 is 0 Å². The van der Waals surface area contributed by atoms with Gasteiger partial charge in [-0.1, -0.05) is 24.6 Å². The van der Waals surface area contributed by atoms with Gasteiger partial charge in [0, 0.05) is 0 Å². The SMILES string of the molecule is CCS(=O)(=O)c1ccc2oc(-c3cc(C)ccc3OS(=O)(=O)c3cccc(C(F)(F)F)c3)nc2c1. The fourth-order valence-corrected chi connectivity index (χ4v) is 5.15. The van der Waals surface area contributed by atoms with Crippen molar-refractivity contribution in [1.29, 1.82) is 0 Å². The fourth-order valence-electron chi connectivity index (χ4n) is 3.26. The molecule has 4 rings (SSSR count). The number of aryl methyl sites for hydroxylation is 1. The maximum atomic E-state index is 13.0. The van der Waals surface area contributed by atoms with Crippen LogP contribution in [0, 0.1) is 6.92 Å². The van der Waals surface area contributed by atoms with E-state index in [1.807, 2.05) is 0 Å². The minimum Gasteiger partial charge on any atom is -0.436 e. The average molecular weight is 526 g/mol. The number of hydrogen-bond donors (Lipinski definition) is 0. The number of fused-ring (bicyclic) bond motifs is 1. The number of sulfone groups is 1. The van der Waals surface area contributed by atoms with Crippen LogP contribution in [-0.2, 0) is 26.1 Å². The van der Waals surface area contributed by atoms with Crippen LogP contribution in [0.5, 0.6) is 5.75 Å². The molecule has 0 aliphatic rings. The summed E-state index contributed by atoms with van der Waals surface area (Å²) in [5, 5.41) is 0. The first-order chi connectivity index (χ1) is 16.3. The highest BCUT2D eigenvalue weighted by molar-refractivity contribution is 7.91. The van der Waals surface area contributed by atoms with Gasteiger partial charge in [-0.25, -0.2) is 13.4 Å². The maximum absolute atomic E-state index is 13.0. The minimum absolute atomic E-state index is 0.0519. The normalized spacial score (nSPS) is 12.7. The number of oxazole rings is 1. The fraction of sp³-hybridized carbons (Fsp3) is 0.174. The zero-order chi connectivity index (χ0) is 25.6. The molecule has 0 amide bonds. The Bertz CT molecular complexity index is 1640. The zero-order valence-corrected chi connectivity index (χ0v) is 20.0. The quantitative estimate of drug-likeness (QED) is 0.311. The number of nitrogens with zero attached hydrogens (tertiary/aromatic N) is 1. The van der Waals surface area contributed by atoms with Gasteiger partial charge >= 0.3 is 16.3 Å². The molecular formula is C23H18F3NO6S2. The second-order valence-corrected chi connectivity index (χ2v) is 11.4. The van der Waals surface area contributed by atoms with E-state index in [1.165, 1.54) is 37.3 Å². The van der Waals surface area contributed by atoms with Crippen LogP contribution in [0.2, 0.25) is 0 Å². The summed E-state index contributed by atoms with van der Waals surface area (Å²) in [6.45, 7) is 3.23. The minimum atomic E-state index is -4.73. The Labute approximate surface area is 199 Å². The Kier molecular flexibility index (Phi) is 6.14. The van der Waals surface area contributed by atoms with E-state index in [4.69, 9.17) is 8.60 Å². The second kappa shape index (κ2) is 8.68. The first-order valence-electron chi connectivity index (χ1n) is 10.2. The Morgan fingerprint density at radius 3 is 2.37 bits per heavy atom. The lowest BCUT2D eigenvalue weighted by molar-refractivity contribution is -0.137. The van der Waals surface area contributed by atoms with Crippen LogP contribution < -0.4 is 4.18 Å². The molecule has 1 heterocycles. The van der Waals surface area contributed by atoms with Gasteiger partial charge in [0.1, 0.15) is 10.4 Å². The number of aromatic nitrogens is 1. The summed E-state index contributed by atoms with van der Waals surface area (Å²) in [6.07, 6.45) is -4.73. The van der Waals surface area contributed by atoms with Crippen LogP contribution in [0.1, 0.15) is 18.1 Å². The summed E-state index contributed by atoms with van der Waals surface area (Å²) in [5.74, 6) is -0.378. The number of halogens is 3. The molecule has 0 aliphatic carbocycles. The van der Waals surface area contributed by atoms with Crippen molar-refractivity contribution in [3.63, 3.8) is 0 Å². The van der Waals surface area contributed by atoms with Gasteiger partial charge in [0.05, 0.1) is 21.8 Å². The number of benzene rings is 3. The van der Waals surface area contributed by atoms with Crippen molar-refractivity contribution in [3.05, 3.63) is 71.8 Å². The third-order valence-corrected chi connectivity index (χ3v) is 8.08. The maximum Gasteiger partial charge on any atom is 0.416 e. The van der Waals surface area contributed by atoms with Gasteiger partial charge in [0.2, 0.25) is 5.89 Å². The summed E-state index contributed by atoms with van der Waals surface area (Å²) < 4.78 is 100. The van der Waals surface area contributed by atoms with Crippen LogP contribution in [0.15, 0.2) is 74.9 Å². The third kappa shape index (κ3) is 5.03. The molecule has 0 saturated carbocycles. The summed E-state index contributed by atoms with van der Waals surface area (Å²) in [4.78, 5) is 3.67. The van der Waals surface area contributed by atoms with Crippen LogP contribution >= 0.6 is 0 Å². The predicted molar refractivity (Wildman–Crippen MR) is 121 cm³/mol. The molecule has 184 valence electrons. The molecule has 4 aromatic rings. The molecule has 0 spiro atoms. The standard InChI is InChI=1S/C23H18F3NO6S2/c1-3-34(28,29)16-8-10-21-19(13-16)27-22(32-21)18-11-14(2)7-9-20(18)33-35(30,31)17-6-4-5-15(12-17)23(24,25)26/h4-13H,3H2,1-2H3. The van der Waals surface area contributed by atoms with E-state index in [2.05, 4.69) is 4.98 Å². The number of rotatable bonds is 6. The Balaban J connectivity index is 1.77. The molecule has 0 bridgehead atoms. The number of alkyl halides is 3.